The second-order valence-electron chi connectivity index (χ2n) is 4.39. The van der Waals surface area contributed by atoms with Crippen LogP contribution in [0, 0.1) is 5.82 Å². The standard InChI is InChI=1S/C15H14FNO3S/c1-20-15(19)13(8-10-2-4-12(16)5-3-10)17-14(18)11-6-7-21-9-11/h2-7,9,13H,8H2,1H3,(H,17,18)/t13-/m1/s1. The smallest absolute Gasteiger partial charge is 0.328 e. The number of nitrogens with one attached hydrogen (secondary N) is 1. The van der Waals surface area contributed by atoms with E-state index >= 15 is 0 Å². The Bertz CT molecular complexity index is 610. The van der Waals surface area contributed by atoms with Gasteiger partial charge in [-0.1, -0.05) is 12.1 Å². The summed E-state index contributed by atoms with van der Waals surface area (Å²) < 4.78 is 17.6. The number of esters is 1. The van der Waals surface area contributed by atoms with Crippen LogP contribution in [-0.2, 0) is 16.0 Å². The van der Waals surface area contributed by atoms with Crippen molar-refractivity contribution in [2.24, 2.45) is 0 Å². The number of carbonyl (C=O) groups excluding carboxylic acids is 2. The van der Waals surface area contributed by atoms with Crippen molar-refractivity contribution in [3.8, 4) is 0 Å². The number of halogens is 1. The molecule has 0 saturated carbocycles. The molecule has 2 aromatic rings. The minimum atomic E-state index is -0.812. The summed E-state index contributed by atoms with van der Waals surface area (Å²) in [5.41, 5.74) is 1.23. The maximum Gasteiger partial charge on any atom is 0.328 e. The average molecular weight is 307 g/mol. The van der Waals surface area contributed by atoms with Gasteiger partial charge < -0.3 is 10.1 Å². The van der Waals surface area contributed by atoms with E-state index in [9.17, 15) is 14.0 Å². The van der Waals surface area contributed by atoms with Gasteiger partial charge >= 0.3 is 5.97 Å². The monoisotopic (exact) mass is 307 g/mol. The van der Waals surface area contributed by atoms with Crippen molar-refractivity contribution < 1.29 is 18.7 Å². The first-order chi connectivity index (χ1) is 10.1. The van der Waals surface area contributed by atoms with Crippen molar-refractivity contribution in [1.82, 2.24) is 5.32 Å². The van der Waals surface area contributed by atoms with Crippen LogP contribution in [0.2, 0.25) is 0 Å². The summed E-state index contributed by atoms with van der Waals surface area (Å²) in [6.07, 6.45) is 0.239. The number of hydrogen-bond donors (Lipinski definition) is 1. The van der Waals surface area contributed by atoms with Gasteiger partial charge in [0.2, 0.25) is 0 Å². The highest BCUT2D eigenvalue weighted by molar-refractivity contribution is 7.08. The molecule has 2 rings (SSSR count). The third-order valence-corrected chi connectivity index (χ3v) is 3.61. The van der Waals surface area contributed by atoms with E-state index in [0.29, 0.717) is 5.56 Å². The Balaban J connectivity index is 2.09. The first-order valence-electron chi connectivity index (χ1n) is 6.25. The van der Waals surface area contributed by atoms with Crippen molar-refractivity contribution in [2.75, 3.05) is 7.11 Å². The zero-order valence-electron chi connectivity index (χ0n) is 11.3. The number of ether oxygens (including phenoxy) is 1. The molecule has 1 aromatic carbocycles. The first-order valence-corrected chi connectivity index (χ1v) is 7.20. The number of thiophene rings is 1. The third-order valence-electron chi connectivity index (χ3n) is 2.93. The minimum Gasteiger partial charge on any atom is -0.467 e. The maximum absolute atomic E-state index is 12.9. The molecule has 0 bridgehead atoms. The van der Waals surface area contributed by atoms with Crippen LogP contribution in [0.4, 0.5) is 4.39 Å². The molecule has 1 N–H and O–H groups in total. The van der Waals surface area contributed by atoms with Gasteiger partial charge in [-0.15, -0.1) is 0 Å². The lowest BCUT2D eigenvalue weighted by molar-refractivity contribution is -0.142. The van der Waals surface area contributed by atoms with Crippen molar-refractivity contribution in [2.45, 2.75) is 12.5 Å². The van der Waals surface area contributed by atoms with Crippen LogP contribution in [-0.4, -0.2) is 25.0 Å². The number of benzene rings is 1. The zero-order valence-corrected chi connectivity index (χ0v) is 12.2. The molecule has 1 heterocycles. The van der Waals surface area contributed by atoms with Crippen LogP contribution in [0.1, 0.15) is 15.9 Å². The maximum atomic E-state index is 12.9. The fourth-order valence-corrected chi connectivity index (χ4v) is 2.46. The molecule has 0 aliphatic rings. The molecule has 0 radical (unpaired) electrons. The van der Waals surface area contributed by atoms with E-state index in [-0.39, 0.29) is 18.1 Å². The Morgan fingerprint density at radius 1 is 1.29 bits per heavy atom. The highest BCUT2D eigenvalue weighted by Crippen LogP contribution is 2.09. The molecule has 110 valence electrons. The molecule has 1 atom stereocenters. The SMILES string of the molecule is COC(=O)[C@@H](Cc1ccc(F)cc1)NC(=O)c1ccsc1. The van der Waals surface area contributed by atoms with Crippen LogP contribution in [0.25, 0.3) is 0 Å². The molecule has 6 heteroatoms. The van der Waals surface area contributed by atoms with Gasteiger partial charge in [0.1, 0.15) is 11.9 Å². The van der Waals surface area contributed by atoms with Crippen LogP contribution in [0.3, 0.4) is 0 Å². The number of rotatable bonds is 5. The van der Waals surface area contributed by atoms with E-state index in [1.54, 1.807) is 29.0 Å². The first kappa shape index (κ1) is 15.2. The van der Waals surface area contributed by atoms with Crippen LogP contribution in [0.5, 0.6) is 0 Å². The highest BCUT2D eigenvalue weighted by Gasteiger charge is 2.22. The van der Waals surface area contributed by atoms with E-state index in [4.69, 9.17) is 4.74 Å². The fourth-order valence-electron chi connectivity index (χ4n) is 1.83. The van der Waals surface area contributed by atoms with Gasteiger partial charge in [-0.2, -0.15) is 11.3 Å². The summed E-state index contributed by atoms with van der Waals surface area (Å²) in [5, 5.41) is 6.11. The van der Waals surface area contributed by atoms with E-state index in [1.807, 2.05) is 0 Å². The van der Waals surface area contributed by atoms with E-state index in [2.05, 4.69) is 5.32 Å². The highest BCUT2D eigenvalue weighted by atomic mass is 32.1. The average Bonchev–Trinajstić information content (AvgIpc) is 3.02. The van der Waals surface area contributed by atoms with Crippen molar-refractivity contribution in [3.05, 3.63) is 58.0 Å². The fraction of sp³-hybridized carbons (Fsp3) is 0.200. The predicted molar refractivity (Wildman–Crippen MR) is 77.7 cm³/mol. The van der Waals surface area contributed by atoms with Gasteiger partial charge in [-0.25, -0.2) is 9.18 Å². The van der Waals surface area contributed by atoms with E-state index in [1.165, 1.54) is 30.6 Å². The molecule has 0 saturated heterocycles. The lowest BCUT2D eigenvalue weighted by atomic mass is 10.1. The summed E-state index contributed by atoms with van der Waals surface area (Å²) in [7, 11) is 1.26. The molecule has 1 aromatic heterocycles. The Hall–Kier alpha value is -2.21. The number of hydrogen-bond acceptors (Lipinski definition) is 4. The van der Waals surface area contributed by atoms with Crippen molar-refractivity contribution in [3.63, 3.8) is 0 Å². The van der Waals surface area contributed by atoms with Gasteiger partial charge in [0.15, 0.2) is 0 Å². The summed E-state index contributed by atoms with van der Waals surface area (Å²) >= 11 is 1.40. The topological polar surface area (TPSA) is 55.4 Å². The second kappa shape index (κ2) is 6.99. The predicted octanol–water partition coefficient (Wildman–Crippen LogP) is 2.40. The molecule has 4 nitrogen and oxygen atoms in total. The van der Waals surface area contributed by atoms with Crippen LogP contribution >= 0.6 is 11.3 Å². The van der Waals surface area contributed by atoms with Crippen LogP contribution in [0.15, 0.2) is 41.1 Å². The molecule has 0 unspecified atom stereocenters. The Labute approximate surface area is 125 Å². The van der Waals surface area contributed by atoms with Gasteiger partial charge in [0.05, 0.1) is 12.7 Å². The van der Waals surface area contributed by atoms with Crippen LogP contribution < -0.4 is 5.32 Å². The zero-order chi connectivity index (χ0) is 15.2. The molecule has 1 amide bonds. The normalized spacial score (nSPS) is 11.7. The molecule has 0 spiro atoms. The van der Waals surface area contributed by atoms with Gasteiger partial charge in [-0.3, -0.25) is 4.79 Å². The molecule has 0 fully saturated rings. The molecular formula is C15H14FNO3S. The second-order valence-corrected chi connectivity index (χ2v) is 5.17. The summed E-state index contributed by atoms with van der Waals surface area (Å²) in [6.45, 7) is 0. The quantitative estimate of drug-likeness (QED) is 0.863. The molecule has 21 heavy (non-hydrogen) atoms. The number of methoxy groups -OCH3 is 1. The minimum absolute atomic E-state index is 0.239. The largest absolute Gasteiger partial charge is 0.467 e. The van der Waals surface area contributed by atoms with Crippen molar-refractivity contribution in [1.29, 1.82) is 0 Å². The lowest BCUT2D eigenvalue weighted by Crippen LogP contribution is -2.42. The summed E-state index contributed by atoms with van der Waals surface area (Å²) in [6, 6.07) is 6.62. The van der Waals surface area contributed by atoms with Gasteiger partial charge in [-0.05, 0) is 29.1 Å². The number of amides is 1. The lowest BCUT2D eigenvalue weighted by Gasteiger charge is -2.16. The van der Waals surface area contributed by atoms with Gasteiger partial charge in [0, 0.05) is 11.8 Å². The summed E-state index contributed by atoms with van der Waals surface area (Å²) in [5.74, 6) is -1.23. The molecular weight excluding hydrogens is 293 g/mol. The van der Waals surface area contributed by atoms with E-state index < -0.39 is 12.0 Å². The third kappa shape index (κ3) is 4.13. The van der Waals surface area contributed by atoms with Gasteiger partial charge in [0.25, 0.3) is 5.91 Å². The Morgan fingerprint density at radius 2 is 2.00 bits per heavy atom. The Morgan fingerprint density at radius 3 is 2.57 bits per heavy atom. The van der Waals surface area contributed by atoms with Crippen molar-refractivity contribution >= 4 is 23.2 Å². The molecule has 0 aliphatic heterocycles. The number of carbonyl (C=O) groups is 2. The van der Waals surface area contributed by atoms with E-state index in [0.717, 1.165) is 5.56 Å². The molecule has 0 aliphatic carbocycles. The summed E-state index contributed by atoms with van der Waals surface area (Å²) in [4.78, 5) is 23.8. The Kier molecular flexibility index (Phi) is 5.05.